The third-order valence-electron chi connectivity index (χ3n) is 3.82. The Kier molecular flexibility index (Phi) is 3.32. The van der Waals surface area contributed by atoms with Crippen LogP contribution in [-0.4, -0.2) is 19.1 Å². The number of aromatic nitrogens is 1. The molecule has 0 aliphatic heterocycles. The van der Waals surface area contributed by atoms with Crippen LogP contribution in [0, 0.1) is 0 Å². The van der Waals surface area contributed by atoms with Crippen LogP contribution >= 0.6 is 11.6 Å². The predicted octanol–water partition coefficient (Wildman–Crippen LogP) is 4.32. The van der Waals surface area contributed by atoms with Gasteiger partial charge in [-0.1, -0.05) is 11.6 Å². The second kappa shape index (κ2) is 5.39. The molecule has 0 N–H and O–H groups in total. The van der Waals surface area contributed by atoms with Crippen molar-refractivity contribution in [2.45, 2.75) is 0 Å². The molecule has 4 rings (SSSR count). The van der Waals surface area contributed by atoms with Crippen LogP contribution in [0.25, 0.3) is 33.5 Å². The number of benzene rings is 2. The molecule has 0 radical (unpaired) electrons. The highest BCUT2D eigenvalue weighted by Crippen LogP contribution is 2.27. The highest BCUT2D eigenvalue weighted by Gasteiger charge is 2.15. The lowest BCUT2D eigenvalue weighted by atomic mass is 10.1. The number of halogens is 1. The standard InChI is InChI=1S/C18H13ClN2O3/c1-21(2)12-5-3-10-7-13(18(22)24-16(10)9-12)17-20-14-8-11(19)4-6-15(14)23-17/h3-9H,1-2H3. The fourth-order valence-corrected chi connectivity index (χ4v) is 2.71. The summed E-state index contributed by atoms with van der Waals surface area (Å²) in [5.74, 6) is 0.222. The van der Waals surface area contributed by atoms with Gasteiger partial charge in [-0.2, -0.15) is 0 Å². The average Bonchev–Trinajstić information content (AvgIpc) is 2.96. The Hall–Kier alpha value is -2.79. The van der Waals surface area contributed by atoms with Crippen molar-refractivity contribution in [1.29, 1.82) is 0 Å². The molecule has 0 spiro atoms. The van der Waals surface area contributed by atoms with Crippen molar-refractivity contribution in [3.05, 3.63) is 57.9 Å². The van der Waals surface area contributed by atoms with Gasteiger partial charge in [0.2, 0.25) is 5.89 Å². The van der Waals surface area contributed by atoms with E-state index < -0.39 is 5.63 Å². The van der Waals surface area contributed by atoms with Crippen LogP contribution in [0.5, 0.6) is 0 Å². The molecule has 0 bridgehead atoms. The zero-order valence-electron chi connectivity index (χ0n) is 13.0. The molecule has 0 saturated heterocycles. The molecule has 0 atom stereocenters. The summed E-state index contributed by atoms with van der Waals surface area (Å²) in [6.45, 7) is 0. The molecule has 0 aliphatic carbocycles. The molecule has 5 nitrogen and oxygen atoms in total. The summed E-state index contributed by atoms with van der Waals surface area (Å²) in [6.07, 6.45) is 0. The Bertz CT molecular complexity index is 1130. The van der Waals surface area contributed by atoms with Gasteiger partial charge in [-0.3, -0.25) is 0 Å². The van der Waals surface area contributed by atoms with Gasteiger partial charge >= 0.3 is 5.63 Å². The van der Waals surface area contributed by atoms with E-state index in [2.05, 4.69) is 4.98 Å². The first-order valence-corrected chi connectivity index (χ1v) is 7.71. The molecule has 2 heterocycles. The van der Waals surface area contributed by atoms with Crippen molar-refractivity contribution in [2.24, 2.45) is 0 Å². The highest BCUT2D eigenvalue weighted by molar-refractivity contribution is 6.31. The Morgan fingerprint density at radius 3 is 2.62 bits per heavy atom. The summed E-state index contributed by atoms with van der Waals surface area (Å²) in [6, 6.07) is 12.5. The Morgan fingerprint density at radius 1 is 1.00 bits per heavy atom. The fourth-order valence-electron chi connectivity index (χ4n) is 2.54. The SMILES string of the molecule is CN(C)c1ccc2cc(-c3nc4cc(Cl)ccc4o3)c(=O)oc2c1. The number of hydrogen-bond donors (Lipinski definition) is 0. The average molecular weight is 341 g/mol. The van der Waals surface area contributed by atoms with Gasteiger partial charge in [-0.25, -0.2) is 9.78 Å². The molecule has 0 unspecified atom stereocenters. The minimum atomic E-state index is -0.490. The van der Waals surface area contributed by atoms with E-state index in [-0.39, 0.29) is 11.5 Å². The number of oxazole rings is 1. The van der Waals surface area contributed by atoms with E-state index in [1.807, 2.05) is 37.2 Å². The molecule has 0 amide bonds. The van der Waals surface area contributed by atoms with Crippen molar-refractivity contribution < 1.29 is 8.83 Å². The maximum Gasteiger partial charge on any atom is 0.349 e. The van der Waals surface area contributed by atoms with Crippen LogP contribution in [0.15, 0.2) is 56.1 Å². The molecular weight excluding hydrogens is 328 g/mol. The first-order chi connectivity index (χ1) is 11.5. The van der Waals surface area contributed by atoms with E-state index in [9.17, 15) is 4.79 Å². The number of hydrogen-bond acceptors (Lipinski definition) is 5. The molecule has 0 saturated carbocycles. The zero-order valence-corrected chi connectivity index (χ0v) is 13.8. The molecule has 2 aromatic heterocycles. The van der Waals surface area contributed by atoms with Gasteiger partial charge in [0.05, 0.1) is 0 Å². The summed E-state index contributed by atoms with van der Waals surface area (Å²) in [4.78, 5) is 18.6. The normalized spacial score (nSPS) is 11.3. The highest BCUT2D eigenvalue weighted by atomic mass is 35.5. The molecule has 4 aromatic rings. The van der Waals surface area contributed by atoms with Gasteiger partial charge in [-0.15, -0.1) is 0 Å². The van der Waals surface area contributed by atoms with Gasteiger partial charge in [-0.05, 0) is 36.4 Å². The Balaban J connectivity index is 1.90. The molecule has 0 aliphatic rings. The van der Waals surface area contributed by atoms with E-state index in [0.717, 1.165) is 11.1 Å². The topological polar surface area (TPSA) is 59.5 Å². The van der Waals surface area contributed by atoms with Crippen LogP contribution in [-0.2, 0) is 0 Å². The Morgan fingerprint density at radius 2 is 1.83 bits per heavy atom. The van der Waals surface area contributed by atoms with E-state index in [1.165, 1.54) is 0 Å². The quantitative estimate of drug-likeness (QED) is 0.508. The van der Waals surface area contributed by atoms with Gasteiger partial charge < -0.3 is 13.7 Å². The number of rotatable bonds is 2. The van der Waals surface area contributed by atoms with E-state index >= 15 is 0 Å². The summed E-state index contributed by atoms with van der Waals surface area (Å²) >= 11 is 5.96. The van der Waals surface area contributed by atoms with Crippen LogP contribution in [0.3, 0.4) is 0 Å². The van der Waals surface area contributed by atoms with Crippen molar-refractivity contribution in [1.82, 2.24) is 4.98 Å². The van der Waals surface area contributed by atoms with Gasteiger partial charge in [0.25, 0.3) is 0 Å². The first-order valence-electron chi connectivity index (χ1n) is 7.33. The maximum atomic E-state index is 12.4. The smallest absolute Gasteiger partial charge is 0.349 e. The summed E-state index contributed by atoms with van der Waals surface area (Å²) in [5.41, 5.74) is 2.43. The first kappa shape index (κ1) is 14.8. The van der Waals surface area contributed by atoms with Gasteiger partial charge in [0, 0.05) is 36.3 Å². The lowest BCUT2D eigenvalue weighted by Crippen LogP contribution is -2.08. The monoisotopic (exact) mass is 340 g/mol. The second-order valence-corrected chi connectivity index (χ2v) is 6.13. The number of fused-ring (bicyclic) bond motifs is 2. The van der Waals surface area contributed by atoms with Crippen LogP contribution in [0.1, 0.15) is 0 Å². The van der Waals surface area contributed by atoms with Crippen molar-refractivity contribution in [3.63, 3.8) is 0 Å². The van der Waals surface area contributed by atoms with Crippen molar-refractivity contribution in [3.8, 4) is 11.5 Å². The molecule has 120 valence electrons. The van der Waals surface area contributed by atoms with Crippen molar-refractivity contribution >= 4 is 39.4 Å². The Labute approximate surface area is 142 Å². The van der Waals surface area contributed by atoms with Crippen LogP contribution in [0.2, 0.25) is 5.02 Å². The summed E-state index contributed by atoms with van der Waals surface area (Å²) in [7, 11) is 3.86. The number of anilines is 1. The van der Waals surface area contributed by atoms with Gasteiger partial charge in [0.1, 0.15) is 16.7 Å². The van der Waals surface area contributed by atoms with E-state index in [4.69, 9.17) is 20.4 Å². The van der Waals surface area contributed by atoms with Crippen LogP contribution < -0.4 is 10.5 Å². The predicted molar refractivity (Wildman–Crippen MR) is 94.8 cm³/mol. The number of nitrogens with zero attached hydrogens (tertiary/aromatic N) is 2. The van der Waals surface area contributed by atoms with E-state index in [0.29, 0.717) is 21.7 Å². The van der Waals surface area contributed by atoms with Gasteiger partial charge in [0.15, 0.2) is 5.58 Å². The maximum absolute atomic E-state index is 12.4. The molecule has 6 heteroatoms. The third-order valence-corrected chi connectivity index (χ3v) is 4.05. The summed E-state index contributed by atoms with van der Waals surface area (Å²) in [5, 5.41) is 1.36. The lowest BCUT2D eigenvalue weighted by molar-refractivity contribution is 0.553. The summed E-state index contributed by atoms with van der Waals surface area (Å²) < 4.78 is 11.1. The molecule has 0 fully saturated rings. The minimum absolute atomic E-state index is 0.222. The molecule has 24 heavy (non-hydrogen) atoms. The second-order valence-electron chi connectivity index (χ2n) is 5.70. The zero-order chi connectivity index (χ0) is 16.8. The van der Waals surface area contributed by atoms with Crippen molar-refractivity contribution in [2.75, 3.05) is 19.0 Å². The third kappa shape index (κ3) is 2.43. The lowest BCUT2D eigenvalue weighted by Gasteiger charge is -2.12. The van der Waals surface area contributed by atoms with Crippen LogP contribution in [0.4, 0.5) is 5.69 Å². The minimum Gasteiger partial charge on any atom is -0.436 e. The largest absolute Gasteiger partial charge is 0.436 e. The van der Waals surface area contributed by atoms with E-state index in [1.54, 1.807) is 24.3 Å². The molecule has 2 aromatic carbocycles. The fraction of sp³-hybridized carbons (Fsp3) is 0.111. The molecular formula is C18H13ClN2O3.